The van der Waals surface area contributed by atoms with Crippen molar-refractivity contribution in [3.8, 4) is 0 Å². The van der Waals surface area contributed by atoms with E-state index in [9.17, 15) is 4.79 Å². The average Bonchev–Trinajstić information content (AvgIpc) is 3.32. The van der Waals surface area contributed by atoms with Crippen LogP contribution in [0.1, 0.15) is 98.4 Å². The van der Waals surface area contributed by atoms with Gasteiger partial charge in [0.2, 0.25) is 6.73 Å². The Morgan fingerprint density at radius 1 is 1.19 bits per heavy atom. The summed E-state index contributed by atoms with van der Waals surface area (Å²) in [4.78, 5) is 15.1. The largest absolute Gasteiger partial charge is 1.00 e. The summed E-state index contributed by atoms with van der Waals surface area (Å²) in [6.07, 6.45) is 6.22. The van der Waals surface area contributed by atoms with Crippen molar-refractivity contribution in [2.24, 2.45) is 5.92 Å². The molecule has 2 aliphatic carbocycles. The van der Waals surface area contributed by atoms with E-state index >= 15 is 0 Å². The highest BCUT2D eigenvalue weighted by molar-refractivity contribution is 6.30. The van der Waals surface area contributed by atoms with Gasteiger partial charge in [0, 0.05) is 29.9 Å². The summed E-state index contributed by atoms with van der Waals surface area (Å²) in [5.41, 5.74) is 1.20. The zero-order chi connectivity index (χ0) is 32.2. The van der Waals surface area contributed by atoms with E-state index in [1.807, 2.05) is 26.0 Å². The molecule has 202 valence electrons. The van der Waals surface area contributed by atoms with Gasteiger partial charge >= 0.3 is 5.97 Å². The first-order chi connectivity index (χ1) is 20.6. The van der Waals surface area contributed by atoms with Crippen LogP contribution in [0.25, 0.3) is 0 Å². The molecule has 0 radical (unpaired) electrons. The first kappa shape index (κ1) is 19.8. The molecule has 3 atom stereocenters. The summed E-state index contributed by atoms with van der Waals surface area (Å²) in [5.74, 6) is -0.487. The Labute approximate surface area is 256 Å². The Morgan fingerprint density at radius 3 is 2.65 bits per heavy atom. The number of esters is 1. The van der Waals surface area contributed by atoms with Gasteiger partial charge in [-0.1, -0.05) is 67.1 Å². The molecular weight excluding hydrogens is 595 g/mol. The zero-order valence-corrected chi connectivity index (χ0v) is 24.6. The SMILES string of the molecule is [2H]c1c([2H])c([2H])c([C@@H]2C[C@@H](N3CC[N@+](COC(=O)CC4CCCCC4)(C([2H])([2H])[2H])C(C)(C)C3)c3cc(Cl)ccc32)c([2H])c1[2H].[I-]. The number of halogens is 2. The molecule has 3 aliphatic rings. The smallest absolute Gasteiger partial charge is 0.310 e. The van der Waals surface area contributed by atoms with Crippen molar-refractivity contribution in [1.82, 2.24) is 4.90 Å². The van der Waals surface area contributed by atoms with Crippen LogP contribution in [0.5, 0.6) is 0 Å². The van der Waals surface area contributed by atoms with Gasteiger partial charge in [0.1, 0.15) is 5.54 Å². The van der Waals surface area contributed by atoms with E-state index in [1.54, 1.807) is 6.07 Å². The summed E-state index contributed by atoms with van der Waals surface area (Å²) in [7, 11) is 0. The lowest BCUT2D eigenvalue weighted by atomic mass is 9.87. The highest BCUT2D eigenvalue weighted by Gasteiger charge is 2.49. The standard InChI is InChI=1S/C31H42ClN2O2.HI/c1-31(2)21-33(16-17-34(31,3)22-36-30(35)18-23-10-6-4-7-11-23)29-20-27(24-12-8-5-9-13-24)26-15-14-25(32)19-28(26)29;/h5,8-9,12-15,19,23,27,29H,4,6-7,10-11,16-18,20-22H2,1-3H3;1H/q+1;/p-1/t27-,29+,34-;/m0./s1/i3D3,5D,8D,9D,12D,13D;. The van der Waals surface area contributed by atoms with E-state index in [4.69, 9.17) is 27.3 Å². The Hall–Kier alpha value is -1.15. The number of piperazine rings is 1. The highest BCUT2D eigenvalue weighted by Crippen LogP contribution is 2.48. The van der Waals surface area contributed by atoms with E-state index in [2.05, 4.69) is 4.90 Å². The summed E-state index contributed by atoms with van der Waals surface area (Å²) in [6.45, 7) is 2.18. The molecule has 4 nitrogen and oxygen atoms in total. The quantitative estimate of drug-likeness (QED) is 0.271. The van der Waals surface area contributed by atoms with Crippen molar-refractivity contribution in [3.63, 3.8) is 0 Å². The second-order valence-electron chi connectivity index (χ2n) is 11.4. The minimum Gasteiger partial charge on any atom is -1.00 e. The van der Waals surface area contributed by atoms with Crippen LogP contribution < -0.4 is 24.0 Å². The van der Waals surface area contributed by atoms with Gasteiger partial charge in [0.15, 0.2) is 0 Å². The van der Waals surface area contributed by atoms with Crippen molar-refractivity contribution in [3.05, 3.63) is 70.1 Å². The summed E-state index contributed by atoms with van der Waals surface area (Å²) in [6, 6.07) is 3.70. The second kappa shape index (κ2) is 11.9. The molecule has 5 rings (SSSR count). The van der Waals surface area contributed by atoms with E-state index in [0.29, 0.717) is 36.9 Å². The molecule has 1 aliphatic heterocycles. The molecule has 37 heavy (non-hydrogen) atoms. The molecule has 0 aromatic heterocycles. The first-order valence-corrected chi connectivity index (χ1v) is 13.6. The maximum absolute atomic E-state index is 12.9. The Bertz CT molecular complexity index is 1410. The molecule has 0 spiro atoms. The molecule has 6 heteroatoms. The van der Waals surface area contributed by atoms with E-state index < -0.39 is 24.5 Å². The Kier molecular flexibility index (Phi) is 6.40. The number of rotatable bonds is 6. The molecule has 0 bridgehead atoms. The van der Waals surface area contributed by atoms with Crippen molar-refractivity contribution < 1.29 is 49.0 Å². The predicted molar refractivity (Wildman–Crippen MR) is 146 cm³/mol. The number of likely N-dealkylation sites (N-methyl/N-ethyl adjacent to an activating group) is 1. The highest BCUT2D eigenvalue weighted by atomic mass is 127. The molecule has 0 N–H and O–H groups in total. The minimum absolute atomic E-state index is 0. The lowest BCUT2D eigenvalue weighted by molar-refractivity contribution is -0.974. The molecule has 1 saturated carbocycles. The van der Waals surface area contributed by atoms with Gasteiger partial charge in [-0.2, -0.15) is 0 Å². The summed E-state index contributed by atoms with van der Waals surface area (Å²) >= 11 is 6.45. The van der Waals surface area contributed by atoms with Gasteiger partial charge < -0.3 is 28.7 Å². The number of hydrogen-bond acceptors (Lipinski definition) is 3. The Balaban J connectivity index is 0.00000461. The van der Waals surface area contributed by atoms with Gasteiger partial charge in [0.05, 0.1) is 31.0 Å². The number of fused-ring (bicyclic) bond motifs is 1. The molecule has 2 aromatic rings. The molecular formula is C31H42ClIN2O2. The fourth-order valence-electron chi connectivity index (χ4n) is 6.37. The van der Waals surface area contributed by atoms with E-state index in [1.165, 1.54) is 6.42 Å². The summed E-state index contributed by atoms with van der Waals surface area (Å²) in [5, 5.41) is 0.532. The molecule has 2 fully saturated rings. The van der Waals surface area contributed by atoms with Crippen LogP contribution in [0, 0.1) is 5.92 Å². The molecule has 0 amide bonds. The maximum Gasteiger partial charge on any atom is 0.310 e. The fraction of sp³-hybridized carbons (Fsp3) is 0.581. The maximum atomic E-state index is 12.9. The number of benzene rings is 2. The second-order valence-corrected chi connectivity index (χ2v) is 11.9. The average molecular weight is 645 g/mol. The molecule has 0 unspecified atom stereocenters. The number of nitrogens with zero attached hydrogens (tertiary/aromatic N) is 2. The topological polar surface area (TPSA) is 29.5 Å². The monoisotopic (exact) mass is 644 g/mol. The van der Waals surface area contributed by atoms with Crippen LogP contribution in [0.3, 0.4) is 0 Å². The molecule has 1 saturated heterocycles. The Morgan fingerprint density at radius 2 is 1.95 bits per heavy atom. The van der Waals surface area contributed by atoms with Gasteiger partial charge in [-0.3, -0.25) is 14.2 Å². The van der Waals surface area contributed by atoms with Crippen molar-refractivity contribution in [2.75, 3.05) is 33.3 Å². The number of ether oxygens (including phenoxy) is 1. The van der Waals surface area contributed by atoms with Crippen LogP contribution in [-0.4, -0.2) is 54.2 Å². The predicted octanol–water partition coefficient (Wildman–Crippen LogP) is 3.93. The lowest BCUT2D eigenvalue weighted by Crippen LogP contribution is -3.00. The van der Waals surface area contributed by atoms with Crippen LogP contribution >= 0.6 is 11.6 Å². The lowest BCUT2D eigenvalue weighted by Gasteiger charge is -2.53. The molecule has 2 aromatic carbocycles. The van der Waals surface area contributed by atoms with Crippen molar-refractivity contribution >= 4 is 17.6 Å². The third kappa shape index (κ3) is 6.21. The zero-order valence-electron chi connectivity index (χ0n) is 29.7. The van der Waals surface area contributed by atoms with Crippen LogP contribution in [0.2, 0.25) is 5.02 Å². The number of hydrogen-bond donors (Lipinski definition) is 0. The van der Waals surface area contributed by atoms with Gasteiger partial charge in [-0.15, -0.1) is 0 Å². The van der Waals surface area contributed by atoms with E-state index in [0.717, 1.165) is 36.8 Å². The summed E-state index contributed by atoms with van der Waals surface area (Å²) < 4.78 is 72.9. The number of carbonyl (C=O) groups is 1. The van der Waals surface area contributed by atoms with Gasteiger partial charge in [0.25, 0.3) is 0 Å². The third-order valence-corrected chi connectivity index (χ3v) is 8.93. The van der Waals surface area contributed by atoms with Crippen LogP contribution in [0.15, 0.2) is 48.4 Å². The van der Waals surface area contributed by atoms with Gasteiger partial charge in [-0.25, -0.2) is 0 Å². The van der Waals surface area contributed by atoms with Gasteiger partial charge in [-0.05, 0) is 67.9 Å². The van der Waals surface area contributed by atoms with Crippen LogP contribution in [-0.2, 0) is 9.53 Å². The van der Waals surface area contributed by atoms with Crippen molar-refractivity contribution in [1.29, 1.82) is 0 Å². The van der Waals surface area contributed by atoms with Crippen molar-refractivity contribution in [2.45, 2.75) is 76.3 Å². The number of carbonyl (C=O) groups excluding carboxylic acids is 1. The fourth-order valence-corrected chi connectivity index (χ4v) is 6.55. The van der Waals surface area contributed by atoms with E-state index in [-0.39, 0.29) is 83.5 Å². The molecule has 1 heterocycles. The van der Waals surface area contributed by atoms with Crippen LogP contribution in [0.4, 0.5) is 0 Å². The first-order valence-electron chi connectivity index (χ1n) is 17.2. The normalized spacial score (nSPS) is 31.2. The third-order valence-electron chi connectivity index (χ3n) is 8.69. The number of quaternary nitrogens is 1. The minimum atomic E-state index is -2.42.